The third-order valence-corrected chi connectivity index (χ3v) is 4.47. The minimum Gasteiger partial charge on any atom is -0.481 e. The van der Waals surface area contributed by atoms with Crippen LogP contribution in [0.3, 0.4) is 0 Å². The van der Waals surface area contributed by atoms with Crippen molar-refractivity contribution in [3.05, 3.63) is 16.6 Å². The second-order valence-corrected chi connectivity index (χ2v) is 5.62. The summed E-state index contributed by atoms with van der Waals surface area (Å²) in [7, 11) is 0. The van der Waals surface area contributed by atoms with Crippen LogP contribution in [-0.2, 0) is 10.3 Å². The molecular formula is C12H18N2O2S. The van der Waals surface area contributed by atoms with Crippen molar-refractivity contribution in [2.75, 3.05) is 13.1 Å². The van der Waals surface area contributed by atoms with Crippen molar-refractivity contribution < 1.29 is 9.90 Å². The molecule has 1 fully saturated rings. The van der Waals surface area contributed by atoms with Crippen LogP contribution in [0.2, 0.25) is 0 Å². The fourth-order valence-corrected chi connectivity index (χ4v) is 3.32. The van der Waals surface area contributed by atoms with Crippen molar-refractivity contribution in [2.45, 2.75) is 38.1 Å². The number of carbonyl (C=O) groups is 1. The molecule has 0 saturated carbocycles. The lowest BCUT2D eigenvalue weighted by molar-refractivity contribution is -0.140. The zero-order chi connectivity index (χ0) is 12.3. The second kappa shape index (κ2) is 5.14. The summed E-state index contributed by atoms with van der Waals surface area (Å²) in [4.78, 5) is 17.7. The van der Waals surface area contributed by atoms with Gasteiger partial charge >= 0.3 is 5.97 Å². The van der Waals surface area contributed by atoms with Gasteiger partial charge in [-0.1, -0.05) is 6.42 Å². The van der Waals surface area contributed by atoms with E-state index < -0.39 is 11.5 Å². The van der Waals surface area contributed by atoms with Crippen LogP contribution < -0.4 is 0 Å². The van der Waals surface area contributed by atoms with Gasteiger partial charge in [0.2, 0.25) is 0 Å². The summed E-state index contributed by atoms with van der Waals surface area (Å²) in [5, 5.41) is 12.0. The molecule has 0 spiro atoms. The normalized spacial score (nSPS) is 21.0. The number of carboxylic acids is 1. The topological polar surface area (TPSA) is 53.4 Å². The monoisotopic (exact) mass is 254 g/mol. The molecule has 0 bridgehead atoms. The minimum atomic E-state index is -0.756. The molecule has 1 saturated heterocycles. The van der Waals surface area contributed by atoms with Gasteiger partial charge in [0.1, 0.15) is 5.01 Å². The first-order chi connectivity index (χ1) is 8.13. The number of hydrogen-bond donors (Lipinski definition) is 1. The number of likely N-dealkylation sites (tertiary alicyclic amines) is 1. The lowest BCUT2D eigenvalue weighted by Crippen LogP contribution is -2.47. The summed E-state index contributed by atoms with van der Waals surface area (Å²) in [6.45, 7) is 3.96. The van der Waals surface area contributed by atoms with Crippen molar-refractivity contribution in [3.8, 4) is 0 Å². The van der Waals surface area contributed by atoms with Crippen molar-refractivity contribution in [3.63, 3.8) is 0 Å². The Bertz CT molecular complexity index is 374. The van der Waals surface area contributed by atoms with Gasteiger partial charge in [-0.2, -0.15) is 0 Å². The molecule has 0 amide bonds. The van der Waals surface area contributed by atoms with Gasteiger partial charge in [0, 0.05) is 11.6 Å². The summed E-state index contributed by atoms with van der Waals surface area (Å²) >= 11 is 1.55. The Hall–Kier alpha value is -0.940. The fraction of sp³-hybridized carbons (Fsp3) is 0.667. The highest BCUT2D eigenvalue weighted by Gasteiger charge is 2.38. The van der Waals surface area contributed by atoms with Gasteiger partial charge in [0.15, 0.2) is 0 Å². The van der Waals surface area contributed by atoms with Crippen LogP contribution in [0.15, 0.2) is 11.6 Å². The molecule has 0 aliphatic carbocycles. The van der Waals surface area contributed by atoms with Crippen molar-refractivity contribution in [1.29, 1.82) is 0 Å². The number of thiazole rings is 1. The van der Waals surface area contributed by atoms with E-state index in [1.54, 1.807) is 17.5 Å². The molecule has 2 heterocycles. The van der Waals surface area contributed by atoms with E-state index in [-0.39, 0.29) is 6.42 Å². The zero-order valence-corrected chi connectivity index (χ0v) is 10.9. The van der Waals surface area contributed by atoms with Gasteiger partial charge in [-0.25, -0.2) is 4.98 Å². The van der Waals surface area contributed by atoms with Gasteiger partial charge in [-0.15, -0.1) is 11.3 Å². The Labute approximate surface area is 105 Å². The number of piperidine rings is 1. The molecule has 1 unspecified atom stereocenters. The minimum absolute atomic E-state index is 0.126. The average Bonchev–Trinajstić information content (AvgIpc) is 2.83. The Kier molecular flexibility index (Phi) is 3.79. The molecular weight excluding hydrogens is 236 g/mol. The molecule has 4 nitrogen and oxygen atoms in total. The lowest BCUT2D eigenvalue weighted by atomic mass is 9.93. The first kappa shape index (κ1) is 12.5. The van der Waals surface area contributed by atoms with Crippen LogP contribution in [0.5, 0.6) is 0 Å². The number of rotatable bonds is 4. The quantitative estimate of drug-likeness (QED) is 0.896. The van der Waals surface area contributed by atoms with E-state index in [1.165, 1.54) is 6.42 Å². The highest BCUT2D eigenvalue weighted by atomic mass is 32.1. The highest BCUT2D eigenvalue weighted by Crippen LogP contribution is 2.35. The van der Waals surface area contributed by atoms with Crippen LogP contribution in [0.1, 0.15) is 37.6 Å². The molecule has 1 aromatic rings. The smallest absolute Gasteiger partial charge is 0.305 e. The van der Waals surface area contributed by atoms with E-state index >= 15 is 0 Å². The molecule has 1 aliphatic heterocycles. The first-order valence-electron chi connectivity index (χ1n) is 6.00. The van der Waals surface area contributed by atoms with E-state index in [2.05, 4.69) is 9.88 Å². The molecule has 0 aromatic carbocycles. The Morgan fingerprint density at radius 1 is 1.53 bits per heavy atom. The molecule has 17 heavy (non-hydrogen) atoms. The van der Waals surface area contributed by atoms with Gasteiger partial charge in [0.25, 0.3) is 0 Å². The van der Waals surface area contributed by atoms with Crippen LogP contribution >= 0.6 is 11.3 Å². The Morgan fingerprint density at radius 2 is 2.24 bits per heavy atom. The first-order valence-corrected chi connectivity index (χ1v) is 6.88. The van der Waals surface area contributed by atoms with Gasteiger partial charge in [0.05, 0.1) is 12.0 Å². The maximum Gasteiger partial charge on any atom is 0.305 e. The van der Waals surface area contributed by atoms with E-state index in [0.29, 0.717) is 0 Å². The predicted octanol–water partition coefficient (Wildman–Crippen LogP) is 2.32. The molecule has 1 aliphatic rings. The molecule has 1 aromatic heterocycles. The fourth-order valence-electron chi connectivity index (χ4n) is 2.49. The molecule has 1 atom stereocenters. The average molecular weight is 254 g/mol. The number of carboxylic acid groups (broad SMARTS) is 1. The highest BCUT2D eigenvalue weighted by molar-refractivity contribution is 7.09. The summed E-state index contributed by atoms with van der Waals surface area (Å²) in [5.74, 6) is -0.756. The molecule has 94 valence electrons. The van der Waals surface area contributed by atoms with E-state index in [4.69, 9.17) is 5.11 Å². The predicted molar refractivity (Wildman–Crippen MR) is 67.1 cm³/mol. The van der Waals surface area contributed by atoms with Crippen molar-refractivity contribution in [1.82, 2.24) is 9.88 Å². The van der Waals surface area contributed by atoms with E-state index in [9.17, 15) is 4.79 Å². The van der Waals surface area contributed by atoms with Gasteiger partial charge < -0.3 is 5.11 Å². The number of aromatic nitrogens is 1. The largest absolute Gasteiger partial charge is 0.481 e. The standard InChI is InChI=1S/C12H18N2O2S/c1-12(9-10(15)16,11-13-5-8-17-11)14-6-3-2-4-7-14/h5,8H,2-4,6-7,9H2,1H3,(H,15,16). The molecule has 2 rings (SSSR count). The number of nitrogens with zero attached hydrogens (tertiary/aromatic N) is 2. The van der Waals surface area contributed by atoms with Crippen LogP contribution in [0.25, 0.3) is 0 Å². The second-order valence-electron chi connectivity index (χ2n) is 4.73. The lowest BCUT2D eigenvalue weighted by Gasteiger charge is -2.41. The molecule has 5 heteroatoms. The number of aliphatic carboxylic acids is 1. The Morgan fingerprint density at radius 3 is 2.76 bits per heavy atom. The SMILES string of the molecule is CC(CC(=O)O)(c1nccs1)N1CCCCC1. The Balaban J connectivity index is 2.25. The van der Waals surface area contributed by atoms with Gasteiger partial charge in [-0.05, 0) is 32.9 Å². The summed E-state index contributed by atoms with van der Waals surface area (Å²) in [5.41, 5.74) is -0.444. The summed E-state index contributed by atoms with van der Waals surface area (Å²) in [6, 6.07) is 0. The zero-order valence-electron chi connectivity index (χ0n) is 10.1. The van der Waals surface area contributed by atoms with Crippen LogP contribution in [0.4, 0.5) is 0 Å². The van der Waals surface area contributed by atoms with Crippen molar-refractivity contribution >= 4 is 17.3 Å². The van der Waals surface area contributed by atoms with Crippen LogP contribution in [-0.4, -0.2) is 34.0 Å². The third-order valence-electron chi connectivity index (χ3n) is 3.44. The maximum atomic E-state index is 11.1. The van der Waals surface area contributed by atoms with Crippen LogP contribution in [0, 0.1) is 0 Å². The molecule has 1 N–H and O–H groups in total. The maximum absolute atomic E-state index is 11.1. The van der Waals surface area contributed by atoms with E-state index in [0.717, 1.165) is 30.9 Å². The summed E-state index contributed by atoms with van der Waals surface area (Å²) in [6.07, 6.45) is 5.43. The molecule has 0 radical (unpaired) electrons. The van der Waals surface area contributed by atoms with Gasteiger partial charge in [-0.3, -0.25) is 9.69 Å². The summed E-state index contributed by atoms with van der Waals surface area (Å²) < 4.78 is 0. The van der Waals surface area contributed by atoms with Crippen molar-refractivity contribution in [2.24, 2.45) is 0 Å². The number of hydrogen-bond acceptors (Lipinski definition) is 4. The van der Waals surface area contributed by atoms with E-state index in [1.807, 2.05) is 12.3 Å². The third kappa shape index (κ3) is 2.66.